The third-order valence-electron chi connectivity index (χ3n) is 6.92. The molecule has 0 unspecified atom stereocenters. The van der Waals surface area contributed by atoms with Gasteiger partial charge in [0.25, 0.3) is 5.91 Å². The van der Waals surface area contributed by atoms with E-state index in [1.54, 1.807) is 6.20 Å². The van der Waals surface area contributed by atoms with Crippen LogP contribution in [-0.2, 0) is 11.3 Å². The number of pyridine rings is 1. The van der Waals surface area contributed by atoms with Crippen LogP contribution in [0, 0.1) is 0 Å². The molecule has 4 rings (SSSR count). The molecule has 2 aromatic rings. The fourth-order valence-corrected chi connectivity index (χ4v) is 5.39. The molecule has 1 aromatic heterocycles. The Hall–Kier alpha value is -2.69. The third-order valence-corrected chi connectivity index (χ3v) is 6.92. The first-order valence-electron chi connectivity index (χ1n) is 11.2. The van der Waals surface area contributed by atoms with Crippen molar-refractivity contribution in [3.8, 4) is 0 Å². The number of hydrogen-bond acceptors (Lipinski definition) is 3. The number of carbonyl (C=O) groups excluding carboxylic acids is 2. The molecule has 2 heterocycles. The largest absolute Gasteiger partial charge is 0.350 e. The minimum atomic E-state index is -0.451. The number of nitrogens with zero attached hydrogens (tertiary/aromatic N) is 2. The van der Waals surface area contributed by atoms with Gasteiger partial charge in [-0.15, -0.1) is 0 Å². The van der Waals surface area contributed by atoms with Crippen LogP contribution in [0.15, 0.2) is 48.7 Å². The summed E-state index contributed by atoms with van der Waals surface area (Å²) in [6, 6.07) is 13.5. The number of nitrogens with one attached hydrogen (secondary N) is 1. The molecule has 2 amide bonds. The Morgan fingerprint density at radius 2 is 1.90 bits per heavy atom. The van der Waals surface area contributed by atoms with Gasteiger partial charge in [0, 0.05) is 17.8 Å². The number of carbonyl (C=O) groups is 2. The van der Waals surface area contributed by atoms with Crippen LogP contribution in [0.1, 0.15) is 79.9 Å². The summed E-state index contributed by atoms with van der Waals surface area (Å²) in [5, 5.41) is 3.13. The molecule has 1 aromatic carbocycles. The molecule has 0 bridgehead atoms. The molecule has 5 nitrogen and oxygen atoms in total. The molecule has 158 valence electrons. The van der Waals surface area contributed by atoms with Gasteiger partial charge in [0.05, 0.1) is 23.7 Å². The van der Waals surface area contributed by atoms with Crippen molar-refractivity contribution in [3.63, 3.8) is 0 Å². The molecule has 0 saturated heterocycles. The molecule has 2 aliphatic rings. The Labute approximate surface area is 178 Å². The average Bonchev–Trinajstić information content (AvgIpc) is 2.79. The van der Waals surface area contributed by atoms with Crippen LogP contribution >= 0.6 is 0 Å². The van der Waals surface area contributed by atoms with E-state index in [2.05, 4.69) is 29.0 Å². The maximum absolute atomic E-state index is 13.7. The second kappa shape index (κ2) is 8.58. The van der Waals surface area contributed by atoms with Crippen LogP contribution in [-0.4, -0.2) is 33.3 Å². The fraction of sp³-hybridized carbons (Fsp3) is 0.480. The first kappa shape index (κ1) is 20.6. The smallest absolute Gasteiger partial charge is 0.254 e. The lowest BCUT2D eigenvalue weighted by Crippen LogP contribution is -2.64. The third kappa shape index (κ3) is 3.51. The highest BCUT2D eigenvalue weighted by Crippen LogP contribution is 2.50. The Bertz CT molecular complexity index is 906. The van der Waals surface area contributed by atoms with Crippen LogP contribution in [0.5, 0.6) is 0 Å². The molecule has 5 heteroatoms. The van der Waals surface area contributed by atoms with E-state index >= 15 is 0 Å². The first-order valence-corrected chi connectivity index (χ1v) is 11.2. The van der Waals surface area contributed by atoms with Crippen molar-refractivity contribution in [1.82, 2.24) is 15.2 Å². The lowest BCUT2D eigenvalue weighted by molar-refractivity contribution is -0.128. The van der Waals surface area contributed by atoms with Crippen LogP contribution < -0.4 is 5.32 Å². The summed E-state index contributed by atoms with van der Waals surface area (Å²) >= 11 is 0. The van der Waals surface area contributed by atoms with E-state index in [-0.39, 0.29) is 23.8 Å². The van der Waals surface area contributed by atoms with Crippen molar-refractivity contribution in [1.29, 1.82) is 0 Å². The zero-order chi connectivity index (χ0) is 21.1. The topological polar surface area (TPSA) is 62.3 Å². The quantitative estimate of drug-likeness (QED) is 0.800. The zero-order valence-electron chi connectivity index (χ0n) is 17.9. The van der Waals surface area contributed by atoms with Gasteiger partial charge < -0.3 is 10.2 Å². The van der Waals surface area contributed by atoms with Crippen molar-refractivity contribution < 1.29 is 9.59 Å². The normalized spacial score (nSPS) is 21.2. The van der Waals surface area contributed by atoms with Gasteiger partial charge in [-0.25, -0.2) is 0 Å². The van der Waals surface area contributed by atoms with Gasteiger partial charge in [-0.05, 0) is 49.9 Å². The summed E-state index contributed by atoms with van der Waals surface area (Å²) in [7, 11) is 0. The predicted octanol–water partition coefficient (Wildman–Crippen LogP) is 4.44. The Morgan fingerprint density at radius 1 is 1.17 bits per heavy atom. The fourth-order valence-electron chi connectivity index (χ4n) is 5.39. The van der Waals surface area contributed by atoms with Crippen molar-refractivity contribution in [3.05, 3.63) is 65.5 Å². The van der Waals surface area contributed by atoms with Gasteiger partial charge in [-0.3, -0.25) is 14.6 Å². The summed E-state index contributed by atoms with van der Waals surface area (Å²) in [6.07, 6.45) is 7.62. The molecule has 1 fully saturated rings. The van der Waals surface area contributed by atoms with Gasteiger partial charge in [0.2, 0.25) is 5.91 Å². The summed E-state index contributed by atoms with van der Waals surface area (Å²) < 4.78 is 0. The molecule has 1 N–H and O–H groups in total. The zero-order valence-corrected chi connectivity index (χ0v) is 17.9. The van der Waals surface area contributed by atoms with Crippen LogP contribution in [0.25, 0.3) is 0 Å². The number of amides is 2. The van der Waals surface area contributed by atoms with E-state index in [1.165, 1.54) is 0 Å². The SMILES string of the molecule is CC[C@H](C)N1C(=O)c2ccccc2[C@@H](C(=O)NCc2ccccn2)C12CCCCC2. The van der Waals surface area contributed by atoms with E-state index < -0.39 is 5.54 Å². The monoisotopic (exact) mass is 405 g/mol. The van der Waals surface area contributed by atoms with Crippen molar-refractivity contribution >= 4 is 11.8 Å². The van der Waals surface area contributed by atoms with Crippen LogP contribution in [0.2, 0.25) is 0 Å². The van der Waals surface area contributed by atoms with Gasteiger partial charge in [-0.1, -0.05) is 50.5 Å². The standard InChI is InChI=1S/C25H31N3O2/c1-3-18(2)28-24(30)21-13-6-5-12-20(21)22(25(28)14-8-4-9-15-25)23(29)27-17-19-11-7-10-16-26-19/h5-7,10-13,16,18,22H,3-4,8-9,14-15,17H2,1-2H3,(H,27,29)/t18-,22-/m0/s1. The van der Waals surface area contributed by atoms with E-state index in [9.17, 15) is 9.59 Å². The average molecular weight is 406 g/mol. The maximum atomic E-state index is 13.7. The molecule has 2 atom stereocenters. The van der Waals surface area contributed by atoms with E-state index in [0.29, 0.717) is 12.1 Å². The second-order valence-electron chi connectivity index (χ2n) is 8.66. The Balaban J connectivity index is 1.76. The van der Waals surface area contributed by atoms with Gasteiger partial charge in [0.15, 0.2) is 0 Å². The number of benzene rings is 1. The molecule has 30 heavy (non-hydrogen) atoms. The summed E-state index contributed by atoms with van der Waals surface area (Å²) in [4.78, 5) is 33.7. The molecular weight excluding hydrogens is 374 g/mol. The highest BCUT2D eigenvalue weighted by Gasteiger charge is 2.55. The lowest BCUT2D eigenvalue weighted by Gasteiger charge is -2.55. The Morgan fingerprint density at radius 3 is 2.60 bits per heavy atom. The highest BCUT2D eigenvalue weighted by molar-refractivity contribution is 6.02. The van der Waals surface area contributed by atoms with Crippen LogP contribution in [0.3, 0.4) is 0 Å². The minimum absolute atomic E-state index is 0.00388. The minimum Gasteiger partial charge on any atom is -0.350 e. The number of aromatic nitrogens is 1. The van der Waals surface area contributed by atoms with Crippen molar-refractivity contribution in [2.45, 2.75) is 76.4 Å². The molecular formula is C25H31N3O2. The second-order valence-corrected chi connectivity index (χ2v) is 8.66. The number of rotatable bonds is 5. The van der Waals surface area contributed by atoms with Crippen molar-refractivity contribution in [2.24, 2.45) is 0 Å². The summed E-state index contributed by atoms with van der Waals surface area (Å²) in [5.74, 6) is -0.282. The Kier molecular flexibility index (Phi) is 5.89. The first-order chi connectivity index (χ1) is 14.6. The molecule has 0 radical (unpaired) electrons. The van der Waals surface area contributed by atoms with Gasteiger partial charge in [-0.2, -0.15) is 0 Å². The van der Waals surface area contributed by atoms with Gasteiger partial charge in [0.1, 0.15) is 0 Å². The summed E-state index contributed by atoms with van der Waals surface area (Å²) in [6.45, 7) is 4.63. The molecule has 1 spiro atoms. The number of hydrogen-bond donors (Lipinski definition) is 1. The number of fused-ring (bicyclic) bond motifs is 1. The lowest BCUT2D eigenvalue weighted by atomic mass is 9.64. The van der Waals surface area contributed by atoms with E-state index in [1.807, 2.05) is 42.5 Å². The van der Waals surface area contributed by atoms with E-state index in [0.717, 1.165) is 49.8 Å². The van der Waals surface area contributed by atoms with E-state index in [4.69, 9.17) is 0 Å². The maximum Gasteiger partial charge on any atom is 0.254 e. The van der Waals surface area contributed by atoms with Crippen LogP contribution in [0.4, 0.5) is 0 Å². The predicted molar refractivity (Wildman–Crippen MR) is 117 cm³/mol. The molecule has 1 aliphatic heterocycles. The molecule has 1 aliphatic carbocycles. The van der Waals surface area contributed by atoms with Gasteiger partial charge >= 0.3 is 0 Å². The highest BCUT2D eigenvalue weighted by atomic mass is 16.2. The van der Waals surface area contributed by atoms with Crippen molar-refractivity contribution in [2.75, 3.05) is 0 Å². The molecule has 1 saturated carbocycles. The summed E-state index contributed by atoms with van der Waals surface area (Å²) in [5.41, 5.74) is 1.93.